The zero-order chi connectivity index (χ0) is 25.7. The summed E-state index contributed by atoms with van der Waals surface area (Å²) in [6, 6.07) is 6.15. The summed E-state index contributed by atoms with van der Waals surface area (Å²) < 4.78 is 32.3. The quantitative estimate of drug-likeness (QED) is 0.509. The molecule has 2 fully saturated rings. The Hall–Kier alpha value is -2.93. The lowest BCUT2D eigenvalue weighted by atomic mass is 9.96. The fourth-order valence-corrected chi connectivity index (χ4v) is 5.40. The van der Waals surface area contributed by atoms with E-state index < -0.39 is 15.9 Å². The van der Waals surface area contributed by atoms with Crippen molar-refractivity contribution >= 4 is 39.1 Å². The van der Waals surface area contributed by atoms with E-state index >= 15 is 0 Å². The molecule has 1 saturated heterocycles. The van der Waals surface area contributed by atoms with Gasteiger partial charge >= 0.3 is 0 Å². The Morgan fingerprint density at radius 1 is 1.17 bits per heavy atom. The first-order valence-corrected chi connectivity index (χ1v) is 13.5. The highest BCUT2D eigenvalue weighted by atomic mass is 32.2. The van der Waals surface area contributed by atoms with Gasteiger partial charge in [-0.25, -0.2) is 18.4 Å². The van der Waals surface area contributed by atoms with Gasteiger partial charge in [0.15, 0.2) is 5.82 Å². The van der Waals surface area contributed by atoms with Gasteiger partial charge in [0.05, 0.1) is 24.2 Å². The number of rotatable bonds is 7. The number of aliphatic hydroxyl groups is 1. The molecule has 0 unspecified atom stereocenters. The molecular formula is C24H32N6O5S. The number of ether oxygens (including phenoxy) is 1. The standard InChI is InChI=1S/C24H32N6O5S/c1-16(2)26-24-25-15-21(22(29-24)27-17-3-7-19(31)8-4-17)23(32)28-18-5-9-20(10-6-18)36(33,34)30-11-13-35-14-12-30/h5-6,9-10,15-16,19,31H,3-4,7-8,11-14H2,1-2H3,(H,28,32)(H,25,26,29). The molecule has 2 aliphatic rings. The average Bonchev–Trinajstić information content (AvgIpc) is 2.86. The van der Waals surface area contributed by atoms with Crippen molar-refractivity contribution in [3.8, 4) is 0 Å². The second kappa shape index (κ2) is 11.4. The average molecular weight is 517 g/mol. The third-order valence-corrected chi connectivity index (χ3v) is 7.86. The molecule has 0 atom stereocenters. The number of aliphatic imine (C=N–C) groups is 1. The van der Waals surface area contributed by atoms with Crippen LogP contribution in [0.3, 0.4) is 0 Å². The lowest BCUT2D eigenvalue weighted by Crippen LogP contribution is -2.40. The zero-order valence-corrected chi connectivity index (χ0v) is 21.3. The molecule has 1 aliphatic heterocycles. The van der Waals surface area contributed by atoms with E-state index in [4.69, 9.17) is 4.74 Å². The van der Waals surface area contributed by atoms with E-state index in [1.165, 1.54) is 22.6 Å². The number of aliphatic hydroxyl groups excluding tert-OH is 1. The number of sulfonamides is 1. The van der Waals surface area contributed by atoms with Crippen LogP contribution < -0.4 is 10.6 Å². The summed E-state index contributed by atoms with van der Waals surface area (Å²) >= 11 is 0. The molecule has 2 aromatic rings. The van der Waals surface area contributed by atoms with Gasteiger partial charge < -0.3 is 20.5 Å². The number of hydrogen-bond donors (Lipinski definition) is 3. The van der Waals surface area contributed by atoms with Crippen LogP contribution in [-0.2, 0) is 14.8 Å². The summed E-state index contributed by atoms with van der Waals surface area (Å²) in [7, 11) is -3.62. The number of nitrogens with zero attached hydrogens (tertiary/aromatic N) is 4. The number of anilines is 2. The van der Waals surface area contributed by atoms with Gasteiger partial charge in [0.25, 0.3) is 5.91 Å². The lowest BCUT2D eigenvalue weighted by Gasteiger charge is -2.26. The van der Waals surface area contributed by atoms with E-state index in [-0.39, 0.29) is 28.4 Å². The minimum Gasteiger partial charge on any atom is -0.393 e. The van der Waals surface area contributed by atoms with E-state index in [0.29, 0.717) is 63.6 Å². The highest BCUT2D eigenvalue weighted by Gasteiger charge is 2.26. The number of hydrogen-bond acceptors (Lipinski definition) is 9. The van der Waals surface area contributed by atoms with Crippen LogP contribution in [0.4, 0.5) is 17.5 Å². The van der Waals surface area contributed by atoms with Crippen LogP contribution in [0.1, 0.15) is 49.9 Å². The number of carbonyl (C=O) groups is 1. The molecule has 0 spiro atoms. The first-order chi connectivity index (χ1) is 17.2. The maximum atomic E-state index is 13.1. The largest absolute Gasteiger partial charge is 0.393 e. The van der Waals surface area contributed by atoms with Crippen LogP contribution in [0.2, 0.25) is 0 Å². The molecule has 194 valence electrons. The molecule has 0 bridgehead atoms. The Morgan fingerprint density at radius 3 is 2.47 bits per heavy atom. The van der Waals surface area contributed by atoms with Crippen molar-refractivity contribution in [2.75, 3.05) is 36.9 Å². The Morgan fingerprint density at radius 2 is 1.83 bits per heavy atom. The van der Waals surface area contributed by atoms with E-state index in [1.807, 2.05) is 13.8 Å². The maximum Gasteiger partial charge on any atom is 0.261 e. The number of amides is 1. The molecule has 4 rings (SSSR count). The third kappa shape index (κ3) is 6.44. The Kier molecular flexibility index (Phi) is 8.29. The summed E-state index contributed by atoms with van der Waals surface area (Å²) in [5, 5.41) is 15.7. The highest BCUT2D eigenvalue weighted by Crippen LogP contribution is 2.25. The number of benzene rings is 1. The molecule has 12 heteroatoms. The topological polar surface area (TPSA) is 146 Å². The van der Waals surface area contributed by atoms with Crippen LogP contribution in [-0.4, -0.2) is 77.9 Å². The number of nitrogens with one attached hydrogen (secondary N) is 2. The lowest BCUT2D eigenvalue weighted by molar-refractivity contribution is 0.0730. The van der Waals surface area contributed by atoms with E-state index in [2.05, 4.69) is 25.6 Å². The molecule has 1 aromatic carbocycles. The molecule has 1 aromatic heterocycles. The fraction of sp³-hybridized carbons (Fsp3) is 0.500. The van der Waals surface area contributed by atoms with Crippen LogP contribution in [0.15, 0.2) is 40.4 Å². The predicted octanol–water partition coefficient (Wildman–Crippen LogP) is 2.58. The van der Waals surface area contributed by atoms with Crippen LogP contribution in [0.25, 0.3) is 0 Å². The number of morpholine rings is 1. The van der Waals surface area contributed by atoms with Crippen molar-refractivity contribution in [3.63, 3.8) is 0 Å². The van der Waals surface area contributed by atoms with Crippen molar-refractivity contribution in [2.45, 2.75) is 56.6 Å². The monoisotopic (exact) mass is 516 g/mol. The van der Waals surface area contributed by atoms with E-state index in [0.717, 1.165) is 5.71 Å². The normalized spacial score (nSPS) is 19.2. The van der Waals surface area contributed by atoms with Crippen LogP contribution >= 0.6 is 0 Å². The van der Waals surface area contributed by atoms with Crippen molar-refractivity contribution in [2.24, 2.45) is 4.99 Å². The summed E-state index contributed by atoms with van der Waals surface area (Å²) in [4.78, 5) is 26.6. The summed E-state index contributed by atoms with van der Waals surface area (Å²) in [5.41, 5.74) is 1.51. The number of carbonyl (C=O) groups excluding carboxylic acids is 1. The Balaban J connectivity index is 1.53. The highest BCUT2D eigenvalue weighted by molar-refractivity contribution is 7.89. The van der Waals surface area contributed by atoms with Crippen LogP contribution in [0.5, 0.6) is 0 Å². The fourth-order valence-electron chi connectivity index (χ4n) is 3.99. The van der Waals surface area contributed by atoms with E-state index in [9.17, 15) is 18.3 Å². The molecular weight excluding hydrogens is 484 g/mol. The molecule has 3 N–H and O–H groups in total. The van der Waals surface area contributed by atoms with Gasteiger partial charge in [-0.15, -0.1) is 0 Å². The molecule has 0 radical (unpaired) electrons. The molecule has 1 aliphatic carbocycles. The SMILES string of the molecule is CC(C)Nc1ncc(C(=O)Nc2ccc(S(=O)(=O)N3CCOCC3)cc2)c(N=C2CCC(O)CC2)n1. The first-order valence-electron chi connectivity index (χ1n) is 12.1. The van der Waals surface area contributed by atoms with Crippen molar-refractivity contribution in [1.29, 1.82) is 0 Å². The summed E-state index contributed by atoms with van der Waals surface area (Å²) in [5.74, 6) is 0.169. The zero-order valence-electron chi connectivity index (χ0n) is 20.5. The van der Waals surface area contributed by atoms with Gasteiger partial charge in [0.1, 0.15) is 5.56 Å². The van der Waals surface area contributed by atoms with Crippen molar-refractivity contribution in [1.82, 2.24) is 14.3 Å². The molecule has 1 amide bonds. The predicted molar refractivity (Wildman–Crippen MR) is 136 cm³/mol. The second-order valence-corrected chi connectivity index (χ2v) is 11.1. The third-order valence-electron chi connectivity index (χ3n) is 5.95. The Bertz CT molecular complexity index is 1200. The minimum atomic E-state index is -3.62. The minimum absolute atomic E-state index is 0.0993. The van der Waals surface area contributed by atoms with Gasteiger partial charge in [-0.2, -0.15) is 9.29 Å². The van der Waals surface area contributed by atoms with Crippen molar-refractivity contribution in [3.05, 3.63) is 36.0 Å². The van der Waals surface area contributed by atoms with Gasteiger partial charge in [-0.3, -0.25) is 4.79 Å². The summed E-state index contributed by atoms with van der Waals surface area (Å²) in [6.07, 6.45) is 3.63. The molecule has 2 heterocycles. The Labute approximate surface area is 211 Å². The van der Waals surface area contributed by atoms with Gasteiger partial charge in [0, 0.05) is 36.7 Å². The second-order valence-electron chi connectivity index (χ2n) is 9.13. The first kappa shape index (κ1) is 26.1. The smallest absolute Gasteiger partial charge is 0.261 e. The van der Waals surface area contributed by atoms with Gasteiger partial charge in [-0.05, 0) is 63.8 Å². The summed E-state index contributed by atoms with van der Waals surface area (Å²) in [6.45, 7) is 5.28. The van der Waals surface area contributed by atoms with Gasteiger partial charge in [-0.1, -0.05) is 0 Å². The molecule has 11 nitrogen and oxygen atoms in total. The van der Waals surface area contributed by atoms with Crippen LogP contribution in [0, 0.1) is 0 Å². The molecule has 36 heavy (non-hydrogen) atoms. The molecule has 1 saturated carbocycles. The van der Waals surface area contributed by atoms with Gasteiger partial charge in [0.2, 0.25) is 16.0 Å². The van der Waals surface area contributed by atoms with E-state index in [1.54, 1.807) is 12.1 Å². The van der Waals surface area contributed by atoms with Crippen molar-refractivity contribution < 1.29 is 23.1 Å². The maximum absolute atomic E-state index is 13.1. The number of aromatic nitrogens is 2.